The molecule has 172 valence electrons. The van der Waals surface area contributed by atoms with Gasteiger partial charge >= 0.3 is 5.97 Å². The van der Waals surface area contributed by atoms with Gasteiger partial charge in [-0.3, -0.25) is 0 Å². The minimum atomic E-state index is -0.486. The van der Waals surface area contributed by atoms with E-state index in [0.29, 0.717) is 26.4 Å². The number of carbonyl (C=O) groups is 1. The van der Waals surface area contributed by atoms with Gasteiger partial charge in [0.2, 0.25) is 0 Å². The molecule has 30 heavy (non-hydrogen) atoms. The van der Waals surface area contributed by atoms with Gasteiger partial charge in [0.25, 0.3) is 0 Å². The molecule has 0 aliphatic heterocycles. The van der Waals surface area contributed by atoms with E-state index in [2.05, 4.69) is 19.1 Å². The molecule has 1 aromatic rings. The van der Waals surface area contributed by atoms with Crippen molar-refractivity contribution in [2.75, 3.05) is 33.0 Å². The predicted molar refractivity (Wildman–Crippen MR) is 121 cm³/mol. The maximum Gasteiger partial charge on any atom is 0.332 e. The van der Waals surface area contributed by atoms with Crippen molar-refractivity contribution >= 4 is 5.97 Å². The highest BCUT2D eigenvalue weighted by Crippen LogP contribution is 2.15. The molecule has 0 spiro atoms. The summed E-state index contributed by atoms with van der Waals surface area (Å²) in [6.45, 7) is 9.44. The average molecular weight is 423 g/mol. The Morgan fingerprint density at radius 2 is 1.40 bits per heavy atom. The fourth-order valence-electron chi connectivity index (χ4n) is 3.00. The third-order valence-corrected chi connectivity index (χ3v) is 4.50. The topological polar surface area (TPSA) is 54.0 Å². The van der Waals surface area contributed by atoms with Crippen LogP contribution in [0, 0.1) is 0 Å². The van der Waals surface area contributed by atoms with Gasteiger partial charge in [-0.1, -0.05) is 57.6 Å². The van der Waals surface area contributed by atoms with Crippen molar-refractivity contribution in [3.63, 3.8) is 0 Å². The smallest absolute Gasteiger partial charge is 0.332 e. The van der Waals surface area contributed by atoms with E-state index in [-0.39, 0.29) is 12.6 Å². The highest BCUT2D eigenvalue weighted by atomic mass is 16.6. The van der Waals surface area contributed by atoms with Crippen LogP contribution in [-0.4, -0.2) is 44.6 Å². The molecule has 5 nitrogen and oxygen atoms in total. The summed E-state index contributed by atoms with van der Waals surface area (Å²) in [5.41, 5.74) is 0.884. The van der Waals surface area contributed by atoms with Crippen molar-refractivity contribution in [3.8, 4) is 5.75 Å². The van der Waals surface area contributed by atoms with Gasteiger partial charge in [0, 0.05) is 0 Å². The molecule has 0 saturated carbocycles. The Hall–Kier alpha value is -1.59. The Balaban J connectivity index is 1.99. The molecule has 0 saturated heterocycles. The summed E-state index contributed by atoms with van der Waals surface area (Å²) >= 11 is 0. The lowest BCUT2D eigenvalue weighted by Crippen LogP contribution is -2.27. The van der Waals surface area contributed by atoms with Crippen LogP contribution in [0.5, 0.6) is 5.75 Å². The van der Waals surface area contributed by atoms with Crippen LogP contribution in [0.3, 0.4) is 0 Å². The molecular formula is C25H42O5. The summed E-state index contributed by atoms with van der Waals surface area (Å²) in [7, 11) is 0. The van der Waals surface area contributed by atoms with Crippen LogP contribution < -0.4 is 4.74 Å². The van der Waals surface area contributed by atoms with E-state index >= 15 is 0 Å². The average Bonchev–Trinajstić information content (AvgIpc) is 2.69. The normalized spacial score (nSPS) is 11.5. The molecule has 0 aliphatic carbocycles. The zero-order valence-electron chi connectivity index (χ0n) is 19.5. The molecule has 0 radical (unpaired) electrons. The van der Waals surface area contributed by atoms with Crippen molar-refractivity contribution in [2.45, 2.75) is 84.7 Å². The van der Waals surface area contributed by atoms with Gasteiger partial charge in [-0.2, -0.15) is 0 Å². The first-order chi connectivity index (χ1) is 14.4. The summed E-state index contributed by atoms with van der Waals surface area (Å²) in [4.78, 5) is 11.5. The van der Waals surface area contributed by atoms with E-state index in [1.54, 1.807) is 0 Å². The number of carbonyl (C=O) groups excluding carboxylic acids is 1. The Morgan fingerprint density at radius 1 is 0.800 bits per heavy atom. The van der Waals surface area contributed by atoms with Gasteiger partial charge in [0.1, 0.15) is 24.6 Å². The molecule has 1 aromatic carbocycles. The van der Waals surface area contributed by atoms with Gasteiger partial charge in [-0.05, 0) is 51.3 Å². The van der Waals surface area contributed by atoms with Gasteiger partial charge in [0.05, 0.1) is 19.8 Å². The molecular weight excluding hydrogens is 380 g/mol. The molecule has 0 fully saturated rings. The number of rotatable bonds is 17. The van der Waals surface area contributed by atoms with Crippen LogP contribution >= 0.6 is 0 Å². The second-order valence-corrected chi connectivity index (χ2v) is 8.62. The number of hydrogen-bond donors (Lipinski definition) is 0. The molecule has 0 heterocycles. The Morgan fingerprint density at radius 3 is 2.07 bits per heavy atom. The van der Waals surface area contributed by atoms with Crippen LogP contribution in [0.1, 0.15) is 78.2 Å². The molecule has 0 amide bonds. The maximum atomic E-state index is 11.5. The fraction of sp³-hybridized carbons (Fsp3) is 0.720. The first kappa shape index (κ1) is 26.4. The van der Waals surface area contributed by atoms with E-state index < -0.39 is 5.60 Å². The lowest BCUT2D eigenvalue weighted by Gasteiger charge is -2.19. The second kappa shape index (κ2) is 16.1. The van der Waals surface area contributed by atoms with Crippen molar-refractivity contribution in [2.24, 2.45) is 0 Å². The van der Waals surface area contributed by atoms with Crippen LogP contribution in [0.4, 0.5) is 0 Å². The van der Waals surface area contributed by atoms with Crippen LogP contribution in [0.25, 0.3) is 0 Å². The SMILES string of the molecule is CCCCCCCCCc1ccc(OCCOCCOCC(=O)OC(C)(C)C)cc1. The molecule has 0 atom stereocenters. The lowest BCUT2D eigenvalue weighted by molar-refractivity contribution is -0.160. The van der Waals surface area contributed by atoms with E-state index in [9.17, 15) is 4.79 Å². The largest absolute Gasteiger partial charge is 0.491 e. The number of hydrogen-bond acceptors (Lipinski definition) is 5. The van der Waals surface area contributed by atoms with Crippen molar-refractivity contribution in [3.05, 3.63) is 29.8 Å². The third kappa shape index (κ3) is 15.3. The zero-order chi connectivity index (χ0) is 22.1. The molecule has 0 aromatic heterocycles. The zero-order valence-corrected chi connectivity index (χ0v) is 19.5. The minimum Gasteiger partial charge on any atom is -0.491 e. The number of unbranched alkanes of at least 4 members (excludes halogenated alkanes) is 6. The number of benzene rings is 1. The molecule has 0 bridgehead atoms. The number of aryl methyl sites for hydroxylation is 1. The highest BCUT2D eigenvalue weighted by molar-refractivity contribution is 5.71. The lowest BCUT2D eigenvalue weighted by atomic mass is 10.0. The van der Waals surface area contributed by atoms with Crippen LogP contribution in [0.15, 0.2) is 24.3 Å². The molecule has 5 heteroatoms. The van der Waals surface area contributed by atoms with Gasteiger partial charge < -0.3 is 18.9 Å². The Bertz CT molecular complexity index is 548. The first-order valence-corrected chi connectivity index (χ1v) is 11.5. The molecule has 0 unspecified atom stereocenters. The summed E-state index contributed by atoms with van der Waals surface area (Å²) in [5.74, 6) is 0.504. The van der Waals surface area contributed by atoms with Crippen molar-refractivity contribution < 1.29 is 23.7 Å². The van der Waals surface area contributed by atoms with Crippen molar-refractivity contribution in [1.29, 1.82) is 0 Å². The maximum absolute atomic E-state index is 11.5. The molecule has 0 aliphatic rings. The summed E-state index contributed by atoms with van der Waals surface area (Å²) < 4.78 is 21.6. The second-order valence-electron chi connectivity index (χ2n) is 8.62. The van der Waals surface area contributed by atoms with Gasteiger partial charge in [-0.15, -0.1) is 0 Å². The van der Waals surface area contributed by atoms with Gasteiger partial charge in [0.15, 0.2) is 0 Å². The quantitative estimate of drug-likeness (QED) is 0.237. The predicted octanol–water partition coefficient (Wildman–Crippen LogP) is 5.73. The standard InChI is InChI=1S/C25H42O5/c1-5-6-7-8-9-10-11-12-22-13-15-23(16-14-22)29-20-19-27-17-18-28-21-24(26)30-25(2,3)4/h13-16H,5-12,17-21H2,1-4H3. The molecule has 0 N–H and O–H groups in total. The first-order valence-electron chi connectivity index (χ1n) is 11.5. The van der Waals surface area contributed by atoms with Crippen molar-refractivity contribution in [1.82, 2.24) is 0 Å². The van der Waals surface area contributed by atoms with E-state index in [0.717, 1.165) is 12.2 Å². The van der Waals surface area contributed by atoms with Gasteiger partial charge in [-0.25, -0.2) is 4.79 Å². The van der Waals surface area contributed by atoms with E-state index in [1.165, 1.54) is 50.5 Å². The number of ether oxygens (including phenoxy) is 4. The highest BCUT2D eigenvalue weighted by Gasteiger charge is 2.15. The Kier molecular flexibility index (Phi) is 14.2. The monoisotopic (exact) mass is 422 g/mol. The fourth-order valence-corrected chi connectivity index (χ4v) is 3.00. The van der Waals surface area contributed by atoms with Crippen LogP contribution in [0.2, 0.25) is 0 Å². The third-order valence-electron chi connectivity index (χ3n) is 4.50. The number of esters is 1. The van der Waals surface area contributed by atoms with Crippen LogP contribution in [-0.2, 0) is 25.4 Å². The summed E-state index contributed by atoms with van der Waals surface area (Å²) in [5, 5.41) is 0. The summed E-state index contributed by atoms with van der Waals surface area (Å²) in [6.07, 6.45) is 10.5. The van der Waals surface area contributed by atoms with E-state index in [4.69, 9.17) is 18.9 Å². The Labute approximate surface area is 183 Å². The minimum absolute atomic E-state index is 0.0532. The molecule has 1 rings (SSSR count). The van der Waals surface area contributed by atoms with E-state index in [1.807, 2.05) is 32.9 Å². The summed E-state index contributed by atoms with van der Waals surface area (Å²) in [6, 6.07) is 8.36.